The van der Waals surface area contributed by atoms with Gasteiger partial charge < -0.3 is 17.0 Å². The van der Waals surface area contributed by atoms with Gasteiger partial charge in [0.1, 0.15) is 6.20 Å². The van der Waals surface area contributed by atoms with Gasteiger partial charge in [0.25, 0.3) is 6.33 Å². The molecule has 0 unspecified atom stereocenters. The van der Waals surface area contributed by atoms with Crippen LogP contribution in [0, 0.1) is 0 Å². The van der Waals surface area contributed by atoms with Crippen LogP contribution in [0.2, 0.25) is 0 Å². The second-order valence-electron chi connectivity index (χ2n) is 4.39. The Morgan fingerprint density at radius 2 is 1.70 bits per heavy atom. The van der Waals surface area contributed by atoms with E-state index >= 15 is 0 Å². The number of hydrogen-bond acceptors (Lipinski definition) is 2. The van der Waals surface area contributed by atoms with Crippen molar-refractivity contribution in [2.24, 2.45) is 0 Å². The maximum atomic E-state index is 12.1. The molecule has 0 amide bonds. The lowest BCUT2D eigenvalue weighted by Crippen LogP contribution is -3.00. The summed E-state index contributed by atoms with van der Waals surface area (Å²) in [6, 6.07) is 17.2. The zero-order chi connectivity index (χ0) is 13.1. The summed E-state index contributed by atoms with van der Waals surface area (Å²) in [5, 5.41) is 1.03. The number of halogens is 1. The number of benzene rings is 2. The van der Waals surface area contributed by atoms with Crippen LogP contribution in [-0.2, 0) is 6.54 Å². The Labute approximate surface area is 127 Å². The fourth-order valence-electron chi connectivity index (χ4n) is 2.03. The Balaban J connectivity index is 0.00000147. The number of nitrogens with zero attached hydrogens (tertiary/aromatic N) is 2. The summed E-state index contributed by atoms with van der Waals surface area (Å²) in [5.41, 5.74) is 1.66. The van der Waals surface area contributed by atoms with Gasteiger partial charge in [-0.25, -0.2) is 4.57 Å². The Hall–Kier alpha value is -2.07. The summed E-state index contributed by atoms with van der Waals surface area (Å²) in [4.78, 5) is 16.4. The van der Waals surface area contributed by atoms with E-state index in [1.54, 1.807) is 6.33 Å². The number of para-hydroxylation sites is 1. The fourth-order valence-corrected chi connectivity index (χ4v) is 2.03. The number of carbonyl (C=O) groups is 1. The molecule has 0 saturated carbocycles. The van der Waals surface area contributed by atoms with Crippen molar-refractivity contribution in [3.63, 3.8) is 0 Å². The van der Waals surface area contributed by atoms with Crippen molar-refractivity contribution in [3.8, 4) is 0 Å². The average molecular weight is 329 g/mol. The third-order valence-corrected chi connectivity index (χ3v) is 3.01. The van der Waals surface area contributed by atoms with Crippen LogP contribution in [0.15, 0.2) is 67.1 Å². The van der Waals surface area contributed by atoms with E-state index in [4.69, 9.17) is 0 Å². The van der Waals surface area contributed by atoms with E-state index in [0.717, 1.165) is 16.5 Å². The lowest BCUT2D eigenvalue weighted by molar-refractivity contribution is -0.684. The predicted molar refractivity (Wildman–Crippen MR) is 72.7 cm³/mol. The molecule has 0 atom stereocenters. The van der Waals surface area contributed by atoms with Gasteiger partial charge in [-0.15, -0.1) is 0 Å². The summed E-state index contributed by atoms with van der Waals surface area (Å²) < 4.78 is 1.82. The van der Waals surface area contributed by atoms with Crippen molar-refractivity contribution in [1.82, 2.24) is 4.98 Å². The molecule has 0 radical (unpaired) electrons. The quantitative estimate of drug-likeness (QED) is 0.475. The molecule has 4 heteroatoms. The lowest BCUT2D eigenvalue weighted by Gasteiger charge is -2.00. The minimum absolute atomic E-state index is 0. The van der Waals surface area contributed by atoms with Gasteiger partial charge in [-0.3, -0.25) is 4.79 Å². The molecule has 3 nitrogen and oxygen atoms in total. The van der Waals surface area contributed by atoms with Gasteiger partial charge in [0, 0.05) is 5.56 Å². The molecule has 0 N–H and O–H groups in total. The molecular formula is C16H13BrN2O. The van der Waals surface area contributed by atoms with Gasteiger partial charge in [0.05, 0.1) is 5.39 Å². The van der Waals surface area contributed by atoms with Crippen LogP contribution in [0.1, 0.15) is 10.4 Å². The first-order chi connectivity index (χ1) is 9.33. The van der Waals surface area contributed by atoms with Crippen LogP contribution in [-0.4, -0.2) is 10.8 Å². The largest absolute Gasteiger partial charge is 1.00 e. The van der Waals surface area contributed by atoms with E-state index < -0.39 is 0 Å². The number of ketones is 1. The standard InChI is InChI=1S/C16H13N2O.BrH/c19-16(13-6-2-1-3-7-13)11-18-10-14-8-4-5-9-15(14)17-12-18;/h1-10,12H,11H2;1H/q+1;/p-1. The first-order valence-corrected chi connectivity index (χ1v) is 6.15. The van der Waals surface area contributed by atoms with Gasteiger partial charge in [0.2, 0.25) is 5.78 Å². The molecule has 0 aliphatic rings. The van der Waals surface area contributed by atoms with Crippen molar-refractivity contribution < 1.29 is 26.3 Å². The molecule has 3 rings (SSSR count). The minimum Gasteiger partial charge on any atom is -1.00 e. The molecule has 0 fully saturated rings. The van der Waals surface area contributed by atoms with E-state index in [1.807, 2.05) is 65.4 Å². The molecule has 0 aliphatic heterocycles. The number of rotatable bonds is 3. The van der Waals surface area contributed by atoms with Crippen molar-refractivity contribution in [1.29, 1.82) is 0 Å². The zero-order valence-electron chi connectivity index (χ0n) is 10.7. The summed E-state index contributed by atoms with van der Waals surface area (Å²) in [6.45, 7) is 0.307. The Morgan fingerprint density at radius 1 is 1.00 bits per heavy atom. The second-order valence-corrected chi connectivity index (χ2v) is 4.39. The molecule has 3 aromatic rings. The molecule has 1 aromatic heterocycles. The topological polar surface area (TPSA) is 33.8 Å². The van der Waals surface area contributed by atoms with Crippen LogP contribution in [0.3, 0.4) is 0 Å². The predicted octanol–water partition coefficient (Wildman–Crippen LogP) is -0.591. The summed E-state index contributed by atoms with van der Waals surface area (Å²) in [7, 11) is 0. The molecular weight excluding hydrogens is 316 g/mol. The van der Waals surface area contributed by atoms with Gasteiger partial charge in [-0.1, -0.05) is 42.5 Å². The molecule has 1 heterocycles. The SMILES string of the molecule is O=C(C[n+]1cnc2ccccc2c1)c1ccccc1.[Br-]. The van der Waals surface area contributed by atoms with E-state index in [1.165, 1.54) is 0 Å². The van der Waals surface area contributed by atoms with Crippen LogP contribution in [0.5, 0.6) is 0 Å². The van der Waals surface area contributed by atoms with E-state index in [-0.39, 0.29) is 22.8 Å². The van der Waals surface area contributed by atoms with Crippen LogP contribution < -0.4 is 21.5 Å². The van der Waals surface area contributed by atoms with Crippen molar-refractivity contribution >= 4 is 16.7 Å². The number of hydrogen-bond donors (Lipinski definition) is 0. The first kappa shape index (κ1) is 14.3. The van der Waals surface area contributed by atoms with Crippen LogP contribution >= 0.6 is 0 Å². The van der Waals surface area contributed by atoms with E-state index in [2.05, 4.69) is 4.98 Å². The molecule has 0 bridgehead atoms. The number of fused-ring (bicyclic) bond motifs is 1. The Morgan fingerprint density at radius 3 is 2.50 bits per heavy atom. The maximum absolute atomic E-state index is 12.1. The summed E-state index contributed by atoms with van der Waals surface area (Å²) in [5.74, 6) is 0.0858. The Bertz CT molecular complexity index is 729. The lowest BCUT2D eigenvalue weighted by atomic mass is 10.1. The fraction of sp³-hybridized carbons (Fsp3) is 0.0625. The van der Waals surface area contributed by atoms with Crippen molar-refractivity contribution in [2.75, 3.05) is 0 Å². The summed E-state index contributed by atoms with van der Waals surface area (Å²) >= 11 is 0. The van der Waals surface area contributed by atoms with Gasteiger partial charge >= 0.3 is 0 Å². The Kier molecular flexibility index (Phi) is 4.58. The van der Waals surface area contributed by atoms with Crippen LogP contribution in [0.25, 0.3) is 10.9 Å². The molecule has 100 valence electrons. The van der Waals surface area contributed by atoms with Gasteiger partial charge in [0.15, 0.2) is 12.1 Å². The second kappa shape index (κ2) is 6.39. The molecule has 0 saturated heterocycles. The third-order valence-electron chi connectivity index (χ3n) is 3.01. The van der Waals surface area contributed by atoms with Crippen molar-refractivity contribution in [2.45, 2.75) is 6.54 Å². The monoisotopic (exact) mass is 328 g/mol. The first-order valence-electron chi connectivity index (χ1n) is 6.15. The van der Waals surface area contributed by atoms with Crippen molar-refractivity contribution in [3.05, 3.63) is 72.7 Å². The zero-order valence-corrected chi connectivity index (χ0v) is 12.3. The highest BCUT2D eigenvalue weighted by Crippen LogP contribution is 2.07. The maximum Gasteiger partial charge on any atom is 0.287 e. The van der Waals surface area contributed by atoms with E-state index in [0.29, 0.717) is 6.54 Å². The highest BCUT2D eigenvalue weighted by atomic mass is 79.9. The normalized spacial score (nSPS) is 10.0. The van der Waals surface area contributed by atoms with E-state index in [9.17, 15) is 4.79 Å². The number of Topliss-reactive ketones (excluding diaryl/α,β-unsaturated/α-hetero) is 1. The molecule has 20 heavy (non-hydrogen) atoms. The third kappa shape index (κ3) is 3.08. The number of aromatic nitrogens is 2. The number of carbonyl (C=O) groups excluding carboxylic acids is 1. The minimum atomic E-state index is 0. The molecule has 0 aliphatic carbocycles. The highest BCUT2D eigenvalue weighted by molar-refractivity contribution is 5.95. The highest BCUT2D eigenvalue weighted by Gasteiger charge is 2.10. The van der Waals surface area contributed by atoms with Gasteiger partial charge in [-0.2, -0.15) is 0 Å². The molecule has 2 aromatic carbocycles. The van der Waals surface area contributed by atoms with Gasteiger partial charge in [-0.05, 0) is 17.1 Å². The summed E-state index contributed by atoms with van der Waals surface area (Å²) in [6.07, 6.45) is 3.65. The van der Waals surface area contributed by atoms with Crippen LogP contribution in [0.4, 0.5) is 0 Å². The average Bonchev–Trinajstić information content (AvgIpc) is 2.48. The molecule has 0 spiro atoms. The smallest absolute Gasteiger partial charge is 0.287 e.